The number of rotatable bonds is 5. The molecule has 1 fully saturated rings. The van der Waals surface area contributed by atoms with Crippen LogP contribution in [-0.2, 0) is 6.54 Å². The normalized spacial score (nSPS) is 15.0. The van der Waals surface area contributed by atoms with E-state index in [1.165, 1.54) is 0 Å². The second kappa shape index (κ2) is 7.45. The van der Waals surface area contributed by atoms with Crippen molar-refractivity contribution in [2.45, 2.75) is 25.4 Å². The summed E-state index contributed by atoms with van der Waals surface area (Å²) in [6.07, 6.45) is 2.29. The van der Waals surface area contributed by atoms with E-state index in [9.17, 15) is 4.79 Å². The summed E-state index contributed by atoms with van der Waals surface area (Å²) >= 11 is 12.0. The lowest BCUT2D eigenvalue weighted by atomic mass is 10.0. The molecule has 0 aliphatic heterocycles. The Morgan fingerprint density at radius 3 is 2.50 bits per heavy atom. The molecule has 1 unspecified atom stereocenters. The molecule has 3 nitrogen and oxygen atoms in total. The summed E-state index contributed by atoms with van der Waals surface area (Å²) in [5, 5.41) is 4.55. The summed E-state index contributed by atoms with van der Waals surface area (Å²) in [6, 6.07) is 15.2. The minimum Gasteiger partial charge on any atom is -0.331 e. The van der Waals surface area contributed by atoms with Gasteiger partial charge < -0.3 is 10.2 Å². The molecule has 0 bridgehead atoms. The summed E-state index contributed by atoms with van der Waals surface area (Å²) in [4.78, 5) is 14.2. The van der Waals surface area contributed by atoms with Crippen LogP contribution in [0.15, 0.2) is 48.5 Å². The van der Waals surface area contributed by atoms with E-state index in [-0.39, 0.29) is 12.1 Å². The molecule has 24 heavy (non-hydrogen) atoms. The third kappa shape index (κ3) is 4.43. The van der Waals surface area contributed by atoms with Crippen molar-refractivity contribution in [1.82, 2.24) is 10.2 Å². The number of urea groups is 1. The minimum absolute atomic E-state index is 0.0385. The Morgan fingerprint density at radius 1 is 1.17 bits per heavy atom. The third-order valence-electron chi connectivity index (χ3n) is 4.26. The monoisotopic (exact) mass is 362 g/mol. The Labute approximate surface area is 152 Å². The van der Waals surface area contributed by atoms with Crippen LogP contribution < -0.4 is 5.32 Å². The van der Waals surface area contributed by atoms with Crippen LogP contribution in [0.3, 0.4) is 0 Å². The van der Waals surface area contributed by atoms with E-state index in [1.54, 1.807) is 11.9 Å². The highest BCUT2D eigenvalue weighted by Crippen LogP contribution is 2.41. The molecule has 0 radical (unpaired) electrons. The molecule has 2 aromatic carbocycles. The van der Waals surface area contributed by atoms with Crippen molar-refractivity contribution in [1.29, 1.82) is 0 Å². The zero-order valence-electron chi connectivity index (χ0n) is 13.5. The summed E-state index contributed by atoms with van der Waals surface area (Å²) in [7, 11) is 1.79. The van der Waals surface area contributed by atoms with Crippen LogP contribution in [0.4, 0.5) is 4.79 Å². The zero-order valence-corrected chi connectivity index (χ0v) is 15.0. The number of nitrogens with one attached hydrogen (secondary N) is 1. The summed E-state index contributed by atoms with van der Waals surface area (Å²) in [5.41, 5.74) is 2.11. The molecule has 2 aromatic rings. The van der Waals surface area contributed by atoms with Gasteiger partial charge >= 0.3 is 6.03 Å². The number of hydrogen-bond acceptors (Lipinski definition) is 1. The lowest BCUT2D eigenvalue weighted by Crippen LogP contribution is -2.39. The van der Waals surface area contributed by atoms with E-state index >= 15 is 0 Å². The van der Waals surface area contributed by atoms with E-state index in [2.05, 4.69) is 5.32 Å². The molecule has 1 saturated carbocycles. The Hall–Kier alpha value is -1.71. The predicted octanol–water partition coefficient (Wildman–Crippen LogP) is 5.29. The Kier molecular flexibility index (Phi) is 5.32. The molecule has 0 spiro atoms. The summed E-state index contributed by atoms with van der Waals surface area (Å²) in [6.45, 7) is 0.518. The summed E-state index contributed by atoms with van der Waals surface area (Å²) < 4.78 is 0. The molecule has 126 valence electrons. The molecule has 0 aromatic heterocycles. The first kappa shape index (κ1) is 17.1. The number of benzene rings is 2. The van der Waals surface area contributed by atoms with Crippen LogP contribution in [0.25, 0.3) is 0 Å². The molecule has 0 heterocycles. The van der Waals surface area contributed by atoms with Gasteiger partial charge in [0.15, 0.2) is 0 Å². The lowest BCUT2D eigenvalue weighted by molar-refractivity contribution is 0.201. The van der Waals surface area contributed by atoms with E-state index in [0.29, 0.717) is 22.5 Å². The van der Waals surface area contributed by atoms with E-state index in [4.69, 9.17) is 23.2 Å². The second-order valence-corrected chi connectivity index (χ2v) is 7.17. The maximum atomic E-state index is 12.6. The smallest absolute Gasteiger partial charge is 0.317 e. The van der Waals surface area contributed by atoms with Crippen LogP contribution >= 0.6 is 23.2 Å². The van der Waals surface area contributed by atoms with Gasteiger partial charge in [0.05, 0.1) is 6.04 Å². The maximum Gasteiger partial charge on any atom is 0.317 e. The average molecular weight is 363 g/mol. The first-order valence-corrected chi connectivity index (χ1v) is 8.80. The molecule has 2 amide bonds. The molecule has 5 heteroatoms. The molecule has 1 aliphatic carbocycles. The van der Waals surface area contributed by atoms with Crippen LogP contribution in [0.5, 0.6) is 0 Å². The minimum atomic E-state index is -0.0816. The van der Waals surface area contributed by atoms with Gasteiger partial charge in [0.2, 0.25) is 0 Å². The zero-order chi connectivity index (χ0) is 17.1. The fraction of sp³-hybridized carbons (Fsp3) is 0.316. The summed E-state index contributed by atoms with van der Waals surface area (Å²) in [5.74, 6) is 0.509. The molecule has 0 saturated heterocycles. The van der Waals surface area contributed by atoms with Crippen molar-refractivity contribution in [2.75, 3.05) is 7.05 Å². The van der Waals surface area contributed by atoms with Gasteiger partial charge in [0, 0.05) is 23.6 Å². The van der Waals surface area contributed by atoms with Crippen molar-refractivity contribution in [3.05, 3.63) is 69.7 Å². The number of nitrogens with zero attached hydrogens (tertiary/aromatic N) is 1. The highest BCUT2D eigenvalue weighted by Gasteiger charge is 2.33. The predicted molar refractivity (Wildman–Crippen MR) is 98.4 cm³/mol. The largest absolute Gasteiger partial charge is 0.331 e. The van der Waals surface area contributed by atoms with Crippen molar-refractivity contribution in [3.63, 3.8) is 0 Å². The topological polar surface area (TPSA) is 32.3 Å². The van der Waals surface area contributed by atoms with Crippen molar-refractivity contribution in [2.24, 2.45) is 5.92 Å². The highest BCUT2D eigenvalue weighted by atomic mass is 35.5. The standard InChI is InChI=1S/C19H20Cl2N2O/c1-23(12-13-3-2-4-17(21)11-13)19(24)22-18(14-5-6-14)15-7-9-16(20)10-8-15/h2-4,7-11,14,18H,5-6,12H2,1H3,(H,22,24). The molecular formula is C19H20Cl2N2O. The number of halogens is 2. The third-order valence-corrected chi connectivity index (χ3v) is 4.74. The van der Waals surface area contributed by atoms with E-state index in [1.807, 2.05) is 48.5 Å². The van der Waals surface area contributed by atoms with Gasteiger partial charge in [0.25, 0.3) is 0 Å². The van der Waals surface area contributed by atoms with Gasteiger partial charge in [-0.1, -0.05) is 47.5 Å². The number of carbonyl (C=O) groups excluding carboxylic acids is 1. The van der Waals surface area contributed by atoms with Crippen LogP contribution in [0.2, 0.25) is 10.0 Å². The average Bonchev–Trinajstić information content (AvgIpc) is 3.38. The van der Waals surface area contributed by atoms with Crippen LogP contribution in [-0.4, -0.2) is 18.0 Å². The van der Waals surface area contributed by atoms with Gasteiger partial charge in [0.1, 0.15) is 0 Å². The maximum absolute atomic E-state index is 12.6. The Bertz CT molecular complexity index is 714. The molecule has 3 rings (SSSR count). The highest BCUT2D eigenvalue weighted by molar-refractivity contribution is 6.30. The van der Waals surface area contributed by atoms with Crippen LogP contribution in [0, 0.1) is 5.92 Å². The van der Waals surface area contributed by atoms with Crippen molar-refractivity contribution >= 4 is 29.2 Å². The molecular weight excluding hydrogens is 343 g/mol. The molecule has 1 aliphatic rings. The SMILES string of the molecule is CN(Cc1cccc(Cl)c1)C(=O)NC(c1ccc(Cl)cc1)C1CC1. The first-order chi connectivity index (χ1) is 11.5. The first-order valence-electron chi connectivity index (χ1n) is 8.04. The number of hydrogen-bond donors (Lipinski definition) is 1. The Balaban J connectivity index is 1.66. The van der Waals surface area contributed by atoms with Gasteiger partial charge in [-0.05, 0) is 54.2 Å². The van der Waals surface area contributed by atoms with Gasteiger partial charge in [-0.15, -0.1) is 0 Å². The quantitative estimate of drug-likeness (QED) is 0.770. The number of carbonyl (C=O) groups is 1. The lowest BCUT2D eigenvalue weighted by Gasteiger charge is -2.24. The van der Waals surface area contributed by atoms with E-state index < -0.39 is 0 Å². The second-order valence-electron chi connectivity index (χ2n) is 6.30. The van der Waals surface area contributed by atoms with E-state index in [0.717, 1.165) is 24.0 Å². The van der Waals surface area contributed by atoms with Crippen molar-refractivity contribution in [3.8, 4) is 0 Å². The van der Waals surface area contributed by atoms with Crippen molar-refractivity contribution < 1.29 is 4.79 Å². The molecule has 1 atom stereocenters. The Morgan fingerprint density at radius 2 is 1.88 bits per heavy atom. The van der Waals surface area contributed by atoms with Gasteiger partial charge in [-0.25, -0.2) is 4.79 Å². The van der Waals surface area contributed by atoms with Gasteiger partial charge in [-0.2, -0.15) is 0 Å². The molecule has 1 N–H and O–H groups in total. The fourth-order valence-corrected chi connectivity index (χ4v) is 3.14. The van der Waals surface area contributed by atoms with Crippen LogP contribution in [0.1, 0.15) is 30.0 Å². The number of amides is 2. The fourth-order valence-electron chi connectivity index (χ4n) is 2.80. The van der Waals surface area contributed by atoms with Gasteiger partial charge in [-0.3, -0.25) is 0 Å².